The summed E-state index contributed by atoms with van der Waals surface area (Å²) in [6.45, 7) is 0.0504. The van der Waals surface area contributed by atoms with Gasteiger partial charge in [0.2, 0.25) is 5.91 Å². The average molecular weight is 417 g/mol. The van der Waals surface area contributed by atoms with Crippen LogP contribution in [0.15, 0.2) is 36.4 Å². The van der Waals surface area contributed by atoms with Crippen molar-refractivity contribution in [2.24, 2.45) is 0 Å². The van der Waals surface area contributed by atoms with Crippen molar-refractivity contribution in [3.8, 4) is 0 Å². The van der Waals surface area contributed by atoms with E-state index in [0.29, 0.717) is 17.7 Å². The Hall–Kier alpha value is -3.24. The Bertz CT molecular complexity index is 883. The summed E-state index contributed by atoms with van der Waals surface area (Å²) in [5, 5.41) is 16.1. The van der Waals surface area contributed by atoms with Crippen LogP contribution in [-0.4, -0.2) is 23.9 Å². The molecular formula is C18H16F5N3O3. The predicted octanol–water partition coefficient (Wildman–Crippen LogP) is 4.05. The van der Waals surface area contributed by atoms with E-state index in [1.807, 2.05) is 0 Å². The number of carbonyl (C=O) groups excluding carboxylic acids is 1. The number of rotatable bonds is 8. The molecule has 2 rings (SSSR count). The summed E-state index contributed by atoms with van der Waals surface area (Å²) in [6.07, 6.45) is -4.64. The fourth-order valence-electron chi connectivity index (χ4n) is 2.51. The molecule has 0 saturated heterocycles. The van der Waals surface area contributed by atoms with E-state index < -0.39 is 39.9 Å². The summed E-state index contributed by atoms with van der Waals surface area (Å²) < 4.78 is 64.2. The maximum absolute atomic E-state index is 13.1. The highest BCUT2D eigenvalue weighted by atomic mass is 19.4. The molecule has 0 aliphatic carbocycles. The Morgan fingerprint density at radius 1 is 1.03 bits per heavy atom. The number of hydrogen-bond donors (Lipinski definition) is 2. The minimum atomic E-state index is -4.71. The molecule has 0 aromatic heterocycles. The second-order valence-electron chi connectivity index (χ2n) is 6.04. The smallest absolute Gasteiger partial charge is 0.379 e. The summed E-state index contributed by atoms with van der Waals surface area (Å²) in [4.78, 5) is 21.8. The zero-order chi connectivity index (χ0) is 21.6. The highest BCUT2D eigenvalue weighted by Gasteiger charge is 2.33. The summed E-state index contributed by atoms with van der Waals surface area (Å²) in [5.41, 5.74) is -1.69. The van der Waals surface area contributed by atoms with E-state index >= 15 is 0 Å². The van der Waals surface area contributed by atoms with Crippen molar-refractivity contribution >= 4 is 17.3 Å². The van der Waals surface area contributed by atoms with Gasteiger partial charge in [-0.25, -0.2) is 8.78 Å². The van der Waals surface area contributed by atoms with E-state index in [1.54, 1.807) is 0 Å². The molecule has 6 nitrogen and oxygen atoms in total. The molecule has 0 aliphatic heterocycles. The number of nitrogens with one attached hydrogen (secondary N) is 2. The number of carbonyl (C=O) groups is 1. The van der Waals surface area contributed by atoms with Crippen LogP contribution in [0, 0.1) is 21.7 Å². The standard InChI is InChI=1S/C18H16F5N3O3/c19-13-7-11(8-14(20)10-13)3-5-25-17(27)4-6-24-15-2-1-12(18(21,22)23)9-16(15)26(28)29/h1-2,7-10,24H,3-6H2,(H,25,27). The number of nitrogens with zero attached hydrogens (tertiary/aromatic N) is 1. The molecule has 2 N–H and O–H groups in total. The zero-order valence-corrected chi connectivity index (χ0v) is 14.9. The molecule has 0 aliphatic rings. The zero-order valence-electron chi connectivity index (χ0n) is 14.9. The number of nitro groups is 1. The molecule has 0 radical (unpaired) electrons. The third-order valence-electron chi connectivity index (χ3n) is 3.85. The third kappa shape index (κ3) is 6.70. The van der Waals surface area contributed by atoms with Gasteiger partial charge in [-0.15, -0.1) is 0 Å². The van der Waals surface area contributed by atoms with Crippen LogP contribution >= 0.6 is 0 Å². The molecule has 1 amide bonds. The SMILES string of the molecule is O=C(CCNc1ccc(C(F)(F)F)cc1[N+](=O)[O-])NCCc1cc(F)cc(F)c1. The second-order valence-corrected chi connectivity index (χ2v) is 6.04. The van der Waals surface area contributed by atoms with Crippen molar-refractivity contribution in [2.45, 2.75) is 19.0 Å². The van der Waals surface area contributed by atoms with Crippen LogP contribution in [0.5, 0.6) is 0 Å². The summed E-state index contributed by atoms with van der Waals surface area (Å²) in [6, 6.07) is 5.06. The Kier molecular flexibility index (Phi) is 7.08. The van der Waals surface area contributed by atoms with Crippen molar-refractivity contribution in [3.05, 3.63) is 69.3 Å². The van der Waals surface area contributed by atoms with Crippen LogP contribution in [0.2, 0.25) is 0 Å². The van der Waals surface area contributed by atoms with Gasteiger partial charge in [0.15, 0.2) is 0 Å². The lowest BCUT2D eigenvalue weighted by Gasteiger charge is -2.11. The van der Waals surface area contributed by atoms with Crippen molar-refractivity contribution in [1.82, 2.24) is 5.32 Å². The number of alkyl halides is 3. The molecule has 0 unspecified atom stereocenters. The van der Waals surface area contributed by atoms with E-state index in [1.165, 1.54) is 0 Å². The van der Waals surface area contributed by atoms with Gasteiger partial charge in [0.1, 0.15) is 17.3 Å². The second kappa shape index (κ2) is 9.30. The Balaban J connectivity index is 1.84. The first kappa shape index (κ1) is 22.1. The molecule has 29 heavy (non-hydrogen) atoms. The van der Waals surface area contributed by atoms with Gasteiger partial charge in [0, 0.05) is 31.6 Å². The molecule has 2 aromatic rings. The third-order valence-corrected chi connectivity index (χ3v) is 3.85. The van der Waals surface area contributed by atoms with Crippen molar-refractivity contribution in [2.75, 3.05) is 18.4 Å². The lowest BCUT2D eigenvalue weighted by atomic mass is 10.1. The molecule has 0 saturated carbocycles. The number of amides is 1. The Labute approximate surface area is 161 Å². The number of hydrogen-bond acceptors (Lipinski definition) is 4. The highest BCUT2D eigenvalue weighted by molar-refractivity contribution is 5.76. The highest BCUT2D eigenvalue weighted by Crippen LogP contribution is 2.34. The molecule has 2 aromatic carbocycles. The van der Waals surface area contributed by atoms with E-state index in [9.17, 15) is 36.9 Å². The van der Waals surface area contributed by atoms with Gasteiger partial charge < -0.3 is 10.6 Å². The predicted molar refractivity (Wildman–Crippen MR) is 94.3 cm³/mol. The van der Waals surface area contributed by atoms with Crippen LogP contribution in [0.1, 0.15) is 17.5 Å². The monoisotopic (exact) mass is 417 g/mol. The maximum Gasteiger partial charge on any atom is 0.416 e. The van der Waals surface area contributed by atoms with Crippen LogP contribution in [0.3, 0.4) is 0 Å². The maximum atomic E-state index is 13.1. The van der Waals surface area contributed by atoms with Gasteiger partial charge in [-0.1, -0.05) is 0 Å². The van der Waals surface area contributed by atoms with Crippen LogP contribution < -0.4 is 10.6 Å². The number of benzene rings is 2. The minimum Gasteiger partial charge on any atom is -0.379 e. The van der Waals surface area contributed by atoms with Crippen LogP contribution in [-0.2, 0) is 17.4 Å². The van der Waals surface area contributed by atoms with Gasteiger partial charge in [0.25, 0.3) is 5.69 Å². The molecule has 0 atom stereocenters. The minimum absolute atomic E-state index is 0.0629. The summed E-state index contributed by atoms with van der Waals surface area (Å²) in [5.74, 6) is -1.90. The summed E-state index contributed by atoms with van der Waals surface area (Å²) >= 11 is 0. The molecule has 0 spiro atoms. The molecule has 0 fully saturated rings. The number of anilines is 1. The lowest BCUT2D eigenvalue weighted by molar-refractivity contribution is -0.384. The Morgan fingerprint density at radius 3 is 2.28 bits per heavy atom. The number of halogens is 5. The molecule has 0 bridgehead atoms. The first-order valence-corrected chi connectivity index (χ1v) is 8.37. The van der Waals surface area contributed by atoms with E-state index in [4.69, 9.17) is 0 Å². The van der Waals surface area contributed by atoms with Gasteiger partial charge in [0.05, 0.1) is 10.5 Å². The number of nitro benzene ring substituents is 1. The normalized spacial score (nSPS) is 11.2. The molecule has 156 valence electrons. The fourth-order valence-corrected chi connectivity index (χ4v) is 2.51. The molecule has 0 heterocycles. The average Bonchev–Trinajstić information content (AvgIpc) is 2.60. The van der Waals surface area contributed by atoms with Gasteiger partial charge >= 0.3 is 6.18 Å². The van der Waals surface area contributed by atoms with Gasteiger partial charge in [-0.3, -0.25) is 14.9 Å². The first-order valence-electron chi connectivity index (χ1n) is 8.37. The van der Waals surface area contributed by atoms with E-state index in [0.717, 1.165) is 24.3 Å². The Morgan fingerprint density at radius 2 is 1.69 bits per heavy atom. The van der Waals surface area contributed by atoms with Crippen LogP contribution in [0.4, 0.5) is 33.3 Å². The largest absolute Gasteiger partial charge is 0.416 e. The van der Waals surface area contributed by atoms with E-state index in [2.05, 4.69) is 10.6 Å². The fraction of sp³-hybridized carbons (Fsp3) is 0.278. The van der Waals surface area contributed by atoms with Crippen molar-refractivity contribution < 1.29 is 31.7 Å². The van der Waals surface area contributed by atoms with Gasteiger partial charge in [-0.2, -0.15) is 13.2 Å². The lowest BCUT2D eigenvalue weighted by Crippen LogP contribution is -2.27. The van der Waals surface area contributed by atoms with Crippen LogP contribution in [0.25, 0.3) is 0 Å². The summed E-state index contributed by atoms with van der Waals surface area (Å²) in [7, 11) is 0. The molecular weight excluding hydrogens is 401 g/mol. The van der Waals surface area contributed by atoms with E-state index in [-0.39, 0.29) is 31.6 Å². The van der Waals surface area contributed by atoms with Crippen molar-refractivity contribution in [3.63, 3.8) is 0 Å². The first-order chi connectivity index (χ1) is 13.6. The topological polar surface area (TPSA) is 84.3 Å². The van der Waals surface area contributed by atoms with Crippen molar-refractivity contribution in [1.29, 1.82) is 0 Å². The molecule has 11 heteroatoms. The van der Waals surface area contributed by atoms with Gasteiger partial charge in [-0.05, 0) is 36.2 Å². The quantitative estimate of drug-likeness (QED) is 0.386.